The summed E-state index contributed by atoms with van der Waals surface area (Å²) in [5.74, 6) is 0.458. The van der Waals surface area contributed by atoms with Gasteiger partial charge in [0.2, 0.25) is 0 Å². The third kappa shape index (κ3) is 4.51. The van der Waals surface area contributed by atoms with Gasteiger partial charge in [-0.2, -0.15) is 11.8 Å². The standard InChI is InChI=1S/C20H20N2O6S/c1-27-20(26)18-14(4-3-7-21-18)19(25)22-8-9-29-12-13(22)11-28-17-6-2-5-16(24)15(17)10-23/h2-7,10,13,24H,8-9,11-12H2,1H3. The number of ether oxygens (including phenoxy) is 2. The Morgan fingerprint density at radius 2 is 2.17 bits per heavy atom. The van der Waals surface area contributed by atoms with E-state index in [2.05, 4.69) is 4.98 Å². The number of carbonyl (C=O) groups is 3. The number of amides is 1. The highest BCUT2D eigenvalue weighted by Crippen LogP contribution is 2.27. The van der Waals surface area contributed by atoms with E-state index in [0.717, 1.165) is 5.75 Å². The van der Waals surface area contributed by atoms with Crippen LogP contribution in [0.15, 0.2) is 36.5 Å². The summed E-state index contributed by atoms with van der Waals surface area (Å²) in [4.78, 5) is 42.0. The molecule has 1 aliphatic heterocycles. The van der Waals surface area contributed by atoms with Gasteiger partial charge < -0.3 is 19.5 Å². The lowest BCUT2D eigenvalue weighted by Gasteiger charge is -2.35. The van der Waals surface area contributed by atoms with Crippen molar-refractivity contribution in [3.63, 3.8) is 0 Å². The Morgan fingerprint density at radius 1 is 1.34 bits per heavy atom. The first kappa shape index (κ1) is 20.7. The first-order valence-electron chi connectivity index (χ1n) is 8.88. The Labute approximate surface area is 171 Å². The summed E-state index contributed by atoms with van der Waals surface area (Å²) in [6.07, 6.45) is 1.96. The number of thioether (sulfide) groups is 1. The van der Waals surface area contributed by atoms with Gasteiger partial charge in [0.15, 0.2) is 12.0 Å². The van der Waals surface area contributed by atoms with Crippen LogP contribution in [0, 0.1) is 0 Å². The lowest BCUT2D eigenvalue weighted by molar-refractivity contribution is 0.0569. The van der Waals surface area contributed by atoms with Crippen molar-refractivity contribution in [2.45, 2.75) is 6.04 Å². The van der Waals surface area contributed by atoms with Crippen molar-refractivity contribution in [3.05, 3.63) is 53.3 Å². The van der Waals surface area contributed by atoms with E-state index in [1.807, 2.05) is 0 Å². The van der Waals surface area contributed by atoms with Crippen molar-refractivity contribution in [2.24, 2.45) is 0 Å². The van der Waals surface area contributed by atoms with E-state index in [4.69, 9.17) is 9.47 Å². The summed E-state index contributed by atoms with van der Waals surface area (Å²) in [7, 11) is 1.24. The minimum Gasteiger partial charge on any atom is -0.507 e. The van der Waals surface area contributed by atoms with E-state index < -0.39 is 5.97 Å². The van der Waals surface area contributed by atoms with Crippen molar-refractivity contribution in [1.82, 2.24) is 9.88 Å². The Bertz CT molecular complexity index is 920. The highest BCUT2D eigenvalue weighted by Gasteiger charge is 2.31. The van der Waals surface area contributed by atoms with E-state index in [9.17, 15) is 19.5 Å². The van der Waals surface area contributed by atoms with Gasteiger partial charge in [0.25, 0.3) is 5.91 Å². The van der Waals surface area contributed by atoms with Crippen LogP contribution in [-0.2, 0) is 4.74 Å². The molecule has 0 aliphatic carbocycles. The number of hydrogen-bond donors (Lipinski definition) is 1. The second-order valence-electron chi connectivity index (χ2n) is 6.24. The molecule has 0 radical (unpaired) electrons. The zero-order valence-electron chi connectivity index (χ0n) is 15.7. The van der Waals surface area contributed by atoms with Crippen molar-refractivity contribution in [1.29, 1.82) is 0 Å². The first-order valence-corrected chi connectivity index (χ1v) is 10.0. The molecule has 0 bridgehead atoms. The predicted molar refractivity (Wildman–Crippen MR) is 107 cm³/mol. The highest BCUT2D eigenvalue weighted by molar-refractivity contribution is 7.99. The zero-order valence-corrected chi connectivity index (χ0v) is 16.6. The van der Waals surface area contributed by atoms with Crippen molar-refractivity contribution in [2.75, 3.05) is 31.8 Å². The van der Waals surface area contributed by atoms with Crippen molar-refractivity contribution in [3.8, 4) is 11.5 Å². The second-order valence-corrected chi connectivity index (χ2v) is 7.39. The third-order valence-corrected chi connectivity index (χ3v) is 5.59. The van der Waals surface area contributed by atoms with Gasteiger partial charge in [-0.05, 0) is 24.3 Å². The fraction of sp³-hybridized carbons (Fsp3) is 0.300. The molecule has 1 aromatic carbocycles. The molecular weight excluding hydrogens is 396 g/mol. The average Bonchev–Trinajstić information content (AvgIpc) is 2.77. The predicted octanol–water partition coefficient (Wildman–Crippen LogP) is 2.02. The fourth-order valence-corrected chi connectivity index (χ4v) is 4.06. The van der Waals surface area contributed by atoms with Crippen LogP contribution in [0.5, 0.6) is 11.5 Å². The van der Waals surface area contributed by atoms with Gasteiger partial charge in [-0.15, -0.1) is 0 Å². The summed E-state index contributed by atoms with van der Waals surface area (Å²) in [5, 5.41) is 9.79. The maximum Gasteiger partial charge on any atom is 0.357 e. The number of nitrogens with zero attached hydrogens (tertiary/aromatic N) is 2. The van der Waals surface area contributed by atoms with Gasteiger partial charge in [-0.1, -0.05) is 6.07 Å². The number of carbonyl (C=O) groups excluding carboxylic acids is 3. The summed E-state index contributed by atoms with van der Waals surface area (Å²) >= 11 is 1.68. The van der Waals surface area contributed by atoms with Crippen LogP contribution in [0.1, 0.15) is 31.2 Å². The van der Waals surface area contributed by atoms with Crippen LogP contribution in [0.3, 0.4) is 0 Å². The molecule has 2 heterocycles. The second kappa shape index (κ2) is 9.42. The molecule has 1 saturated heterocycles. The Morgan fingerprint density at radius 3 is 2.93 bits per heavy atom. The van der Waals surface area contributed by atoms with E-state index in [1.165, 1.54) is 19.4 Å². The number of aromatic nitrogens is 1. The number of aromatic hydroxyl groups is 1. The number of rotatable bonds is 6. The van der Waals surface area contributed by atoms with Crippen molar-refractivity contribution >= 4 is 29.9 Å². The molecule has 9 heteroatoms. The lowest BCUT2D eigenvalue weighted by atomic mass is 10.1. The topological polar surface area (TPSA) is 106 Å². The quantitative estimate of drug-likeness (QED) is 0.563. The Balaban J connectivity index is 1.80. The van der Waals surface area contributed by atoms with E-state index >= 15 is 0 Å². The number of methoxy groups -OCH3 is 1. The molecule has 152 valence electrons. The minimum absolute atomic E-state index is 0.0332. The molecule has 0 spiro atoms. The summed E-state index contributed by atoms with van der Waals surface area (Å²) in [5.41, 5.74) is 0.199. The van der Waals surface area contributed by atoms with Gasteiger partial charge in [0.1, 0.15) is 18.1 Å². The molecule has 1 fully saturated rings. The lowest BCUT2D eigenvalue weighted by Crippen LogP contribution is -2.49. The van der Waals surface area contributed by atoms with Crippen LogP contribution in [-0.4, -0.2) is 71.0 Å². The highest BCUT2D eigenvalue weighted by atomic mass is 32.2. The zero-order chi connectivity index (χ0) is 20.8. The number of aldehydes is 1. The van der Waals surface area contributed by atoms with Crippen LogP contribution >= 0.6 is 11.8 Å². The number of phenolic OH excluding ortho intramolecular Hbond substituents is 1. The molecule has 29 heavy (non-hydrogen) atoms. The molecule has 1 aromatic heterocycles. The number of hydrogen-bond acceptors (Lipinski definition) is 8. The molecule has 8 nitrogen and oxygen atoms in total. The summed E-state index contributed by atoms with van der Waals surface area (Å²) in [6, 6.07) is 7.42. The molecule has 1 amide bonds. The Hall–Kier alpha value is -3.07. The van der Waals surface area contributed by atoms with Crippen LogP contribution < -0.4 is 4.74 Å². The molecule has 1 N–H and O–H groups in total. The molecule has 1 atom stereocenters. The Kier molecular flexibility index (Phi) is 6.71. The van der Waals surface area contributed by atoms with E-state index in [-0.39, 0.29) is 46.9 Å². The number of phenols is 1. The summed E-state index contributed by atoms with van der Waals surface area (Å²) in [6.45, 7) is 0.616. The molecule has 0 saturated carbocycles. The molecule has 1 aliphatic rings. The number of pyridine rings is 1. The smallest absolute Gasteiger partial charge is 0.357 e. The summed E-state index contributed by atoms with van der Waals surface area (Å²) < 4.78 is 10.5. The van der Waals surface area contributed by atoms with Gasteiger partial charge in [0.05, 0.1) is 24.3 Å². The minimum atomic E-state index is -0.677. The third-order valence-electron chi connectivity index (χ3n) is 4.50. The number of esters is 1. The fourth-order valence-electron chi connectivity index (χ4n) is 3.01. The van der Waals surface area contributed by atoms with E-state index in [1.54, 1.807) is 40.9 Å². The van der Waals surface area contributed by atoms with Gasteiger partial charge >= 0.3 is 5.97 Å². The normalized spacial score (nSPS) is 16.2. The molecule has 2 aromatic rings. The largest absolute Gasteiger partial charge is 0.507 e. The average molecular weight is 416 g/mol. The van der Waals surface area contributed by atoms with Crippen LogP contribution in [0.4, 0.5) is 0 Å². The van der Waals surface area contributed by atoms with Gasteiger partial charge in [0, 0.05) is 24.2 Å². The van der Waals surface area contributed by atoms with Crippen LogP contribution in [0.25, 0.3) is 0 Å². The SMILES string of the molecule is COC(=O)c1ncccc1C(=O)N1CCSCC1COc1cccc(O)c1C=O. The van der Waals surface area contributed by atoms with Gasteiger partial charge in [-0.25, -0.2) is 9.78 Å². The first-order chi connectivity index (χ1) is 14.1. The van der Waals surface area contributed by atoms with Crippen molar-refractivity contribution < 1.29 is 29.0 Å². The van der Waals surface area contributed by atoms with Gasteiger partial charge in [-0.3, -0.25) is 9.59 Å². The molecular formula is C20H20N2O6S. The van der Waals surface area contributed by atoms with E-state index in [0.29, 0.717) is 18.6 Å². The molecule has 3 rings (SSSR count). The molecule has 1 unspecified atom stereocenters. The maximum atomic E-state index is 13.2. The maximum absolute atomic E-state index is 13.2. The van der Waals surface area contributed by atoms with Crippen LogP contribution in [0.2, 0.25) is 0 Å². The number of benzene rings is 1. The monoisotopic (exact) mass is 416 g/mol.